The average molecular weight is 219 g/mol. The topological polar surface area (TPSA) is 28.7 Å². The Kier molecular flexibility index (Phi) is 2.42. The fraction of sp³-hybridized carbons (Fsp3) is 0.250. The molecular weight excluding hydrogens is 208 g/mol. The molecule has 2 aromatic rings. The Morgan fingerprint density at radius 2 is 2.20 bits per heavy atom. The molecule has 15 heavy (non-hydrogen) atoms. The fourth-order valence-corrected chi connectivity index (χ4v) is 2.19. The van der Waals surface area contributed by atoms with Gasteiger partial charge in [-0.25, -0.2) is 0 Å². The van der Waals surface area contributed by atoms with E-state index in [0.717, 1.165) is 17.3 Å². The van der Waals surface area contributed by atoms with Crippen LogP contribution in [0, 0.1) is 11.3 Å². The molecule has 0 unspecified atom stereocenters. The molecule has 2 rings (SSSR count). The van der Waals surface area contributed by atoms with Gasteiger partial charge in [0, 0.05) is 12.4 Å². The van der Waals surface area contributed by atoms with Crippen molar-refractivity contribution >= 4 is 22.5 Å². The first-order valence-electron chi connectivity index (χ1n) is 4.86. The normalized spacial score (nSPS) is 10.5. The molecule has 0 aliphatic carbocycles. The summed E-state index contributed by atoms with van der Waals surface area (Å²) < 4.78 is 1.88. The van der Waals surface area contributed by atoms with Gasteiger partial charge in [0.2, 0.25) is 0 Å². The van der Waals surface area contributed by atoms with Crippen LogP contribution in [0.2, 0.25) is 5.15 Å². The van der Waals surface area contributed by atoms with Crippen molar-refractivity contribution in [3.63, 3.8) is 0 Å². The number of aryl methyl sites for hydroxylation is 2. The molecule has 0 amide bonds. The highest BCUT2D eigenvalue weighted by atomic mass is 35.5. The number of hydrogen-bond donors (Lipinski definition) is 0. The average Bonchev–Trinajstić information content (AvgIpc) is 2.51. The highest BCUT2D eigenvalue weighted by Crippen LogP contribution is 2.30. The van der Waals surface area contributed by atoms with Crippen molar-refractivity contribution in [1.29, 1.82) is 5.26 Å². The van der Waals surface area contributed by atoms with Crippen molar-refractivity contribution in [3.05, 3.63) is 34.5 Å². The van der Waals surface area contributed by atoms with Gasteiger partial charge < -0.3 is 4.57 Å². The van der Waals surface area contributed by atoms with Crippen molar-refractivity contribution in [3.8, 4) is 6.07 Å². The molecule has 0 saturated carbocycles. The standard InChI is InChI=1S/C12H11ClN2/c1-3-8-5-4-6-9-10(7-14)12(13)15(2)11(8)9/h4-6H,3H2,1-2H3. The number of nitriles is 1. The van der Waals surface area contributed by atoms with E-state index in [2.05, 4.69) is 19.1 Å². The number of hydrogen-bond acceptors (Lipinski definition) is 1. The first-order valence-corrected chi connectivity index (χ1v) is 5.24. The van der Waals surface area contributed by atoms with E-state index in [1.54, 1.807) is 0 Å². The summed E-state index contributed by atoms with van der Waals surface area (Å²) in [7, 11) is 1.89. The minimum absolute atomic E-state index is 0.522. The number of aromatic nitrogens is 1. The molecule has 2 nitrogen and oxygen atoms in total. The molecular formula is C12H11ClN2. The second-order valence-electron chi connectivity index (χ2n) is 3.50. The van der Waals surface area contributed by atoms with Crippen molar-refractivity contribution in [2.45, 2.75) is 13.3 Å². The maximum Gasteiger partial charge on any atom is 0.127 e. The lowest BCUT2D eigenvalue weighted by molar-refractivity contribution is 0.954. The zero-order valence-electron chi connectivity index (χ0n) is 8.71. The Morgan fingerprint density at radius 3 is 2.80 bits per heavy atom. The minimum Gasteiger partial charge on any atom is -0.333 e. The van der Waals surface area contributed by atoms with Crippen LogP contribution in [-0.2, 0) is 13.5 Å². The predicted molar refractivity (Wildman–Crippen MR) is 62.0 cm³/mol. The molecule has 3 heteroatoms. The van der Waals surface area contributed by atoms with Gasteiger partial charge in [0.1, 0.15) is 11.2 Å². The largest absolute Gasteiger partial charge is 0.333 e. The summed E-state index contributed by atoms with van der Waals surface area (Å²) in [6, 6.07) is 8.14. The van der Waals surface area contributed by atoms with Crippen LogP contribution in [-0.4, -0.2) is 4.57 Å². The SMILES string of the molecule is CCc1cccc2c(C#N)c(Cl)n(C)c12. The molecule has 0 aliphatic heterocycles. The number of fused-ring (bicyclic) bond motifs is 1. The predicted octanol–water partition coefficient (Wildman–Crippen LogP) is 3.27. The van der Waals surface area contributed by atoms with Crippen molar-refractivity contribution < 1.29 is 0 Å². The van der Waals surface area contributed by atoms with E-state index in [4.69, 9.17) is 16.9 Å². The Bertz CT molecular complexity index is 561. The van der Waals surface area contributed by atoms with Gasteiger partial charge in [0.25, 0.3) is 0 Å². The molecule has 0 radical (unpaired) electrons. The molecule has 0 saturated heterocycles. The second kappa shape index (κ2) is 3.60. The summed E-state index contributed by atoms with van der Waals surface area (Å²) in [5.74, 6) is 0. The van der Waals surface area contributed by atoms with Crippen molar-refractivity contribution in [2.24, 2.45) is 7.05 Å². The lowest BCUT2D eigenvalue weighted by atomic mass is 10.1. The summed E-state index contributed by atoms with van der Waals surface area (Å²) >= 11 is 6.11. The first kappa shape index (κ1) is 10.1. The Balaban J connectivity index is 2.98. The van der Waals surface area contributed by atoms with Crippen LogP contribution < -0.4 is 0 Å². The van der Waals surface area contributed by atoms with Crippen molar-refractivity contribution in [1.82, 2.24) is 4.57 Å². The minimum atomic E-state index is 0.522. The molecule has 0 aliphatic rings. The summed E-state index contributed by atoms with van der Waals surface area (Å²) in [4.78, 5) is 0. The maximum absolute atomic E-state index is 9.05. The third kappa shape index (κ3) is 1.32. The van der Waals surface area contributed by atoms with E-state index in [1.807, 2.05) is 23.7 Å². The zero-order chi connectivity index (χ0) is 11.0. The van der Waals surface area contributed by atoms with Crippen LogP contribution in [0.25, 0.3) is 10.9 Å². The highest BCUT2D eigenvalue weighted by Gasteiger charge is 2.14. The number of rotatable bonds is 1. The van der Waals surface area contributed by atoms with E-state index in [0.29, 0.717) is 10.7 Å². The van der Waals surface area contributed by atoms with Gasteiger partial charge in [0.15, 0.2) is 0 Å². The van der Waals surface area contributed by atoms with Gasteiger partial charge in [-0.15, -0.1) is 0 Å². The number of para-hydroxylation sites is 1. The maximum atomic E-state index is 9.05. The van der Waals surface area contributed by atoms with Crippen LogP contribution >= 0.6 is 11.6 Å². The summed E-state index contributed by atoms with van der Waals surface area (Å²) in [6.45, 7) is 2.10. The van der Waals surface area contributed by atoms with Crippen LogP contribution in [0.15, 0.2) is 18.2 Å². The van der Waals surface area contributed by atoms with E-state index < -0.39 is 0 Å². The fourth-order valence-electron chi connectivity index (χ4n) is 1.96. The van der Waals surface area contributed by atoms with Crippen LogP contribution in [0.4, 0.5) is 0 Å². The lowest BCUT2D eigenvalue weighted by Crippen LogP contribution is -1.91. The first-order chi connectivity index (χ1) is 7.20. The molecule has 0 spiro atoms. The molecule has 0 atom stereocenters. The van der Waals surface area contributed by atoms with Gasteiger partial charge >= 0.3 is 0 Å². The van der Waals surface area contributed by atoms with Gasteiger partial charge in [-0.1, -0.05) is 36.7 Å². The molecule has 0 bridgehead atoms. The van der Waals surface area contributed by atoms with Crippen LogP contribution in [0.1, 0.15) is 18.1 Å². The molecule has 1 aromatic carbocycles. The van der Waals surface area contributed by atoms with Crippen LogP contribution in [0.5, 0.6) is 0 Å². The lowest BCUT2D eigenvalue weighted by Gasteiger charge is -2.02. The van der Waals surface area contributed by atoms with Gasteiger partial charge in [-0.05, 0) is 12.0 Å². The Hall–Kier alpha value is -1.46. The molecule has 0 N–H and O–H groups in total. The van der Waals surface area contributed by atoms with Gasteiger partial charge in [-0.3, -0.25) is 0 Å². The van der Waals surface area contributed by atoms with E-state index >= 15 is 0 Å². The summed E-state index contributed by atoms with van der Waals surface area (Å²) in [6.07, 6.45) is 0.941. The Labute approximate surface area is 93.7 Å². The van der Waals surface area contributed by atoms with Crippen LogP contribution in [0.3, 0.4) is 0 Å². The quantitative estimate of drug-likeness (QED) is 0.722. The highest BCUT2D eigenvalue weighted by molar-refractivity contribution is 6.32. The third-order valence-electron chi connectivity index (χ3n) is 2.72. The van der Waals surface area contributed by atoms with E-state index in [1.165, 1.54) is 5.56 Å². The monoisotopic (exact) mass is 218 g/mol. The van der Waals surface area contributed by atoms with Crippen molar-refractivity contribution in [2.75, 3.05) is 0 Å². The number of nitrogens with zero attached hydrogens (tertiary/aromatic N) is 2. The van der Waals surface area contributed by atoms with E-state index in [9.17, 15) is 0 Å². The number of halogens is 1. The summed E-state index contributed by atoms with van der Waals surface area (Å²) in [5.41, 5.74) is 2.87. The Morgan fingerprint density at radius 1 is 1.47 bits per heavy atom. The van der Waals surface area contributed by atoms with E-state index in [-0.39, 0.29) is 0 Å². The summed E-state index contributed by atoms with van der Waals surface area (Å²) in [5, 5.41) is 10.5. The molecule has 1 aromatic heterocycles. The molecule has 76 valence electrons. The second-order valence-corrected chi connectivity index (χ2v) is 3.86. The van der Waals surface area contributed by atoms with Gasteiger partial charge in [0.05, 0.1) is 11.1 Å². The van der Waals surface area contributed by atoms with Gasteiger partial charge in [-0.2, -0.15) is 5.26 Å². The molecule has 1 heterocycles. The third-order valence-corrected chi connectivity index (χ3v) is 3.16. The number of benzene rings is 1. The smallest absolute Gasteiger partial charge is 0.127 e. The molecule has 0 fully saturated rings. The zero-order valence-corrected chi connectivity index (χ0v) is 9.47.